The summed E-state index contributed by atoms with van der Waals surface area (Å²) in [5, 5.41) is 23.4. The molecule has 1 aliphatic rings. The van der Waals surface area contributed by atoms with Crippen LogP contribution in [0, 0.1) is 5.92 Å². The Morgan fingerprint density at radius 1 is 1.38 bits per heavy atom. The van der Waals surface area contributed by atoms with E-state index in [1.54, 1.807) is 12.1 Å². The Kier molecular flexibility index (Phi) is 6.77. The van der Waals surface area contributed by atoms with Crippen molar-refractivity contribution in [3.63, 3.8) is 0 Å². The number of halogens is 1. The Morgan fingerprint density at radius 2 is 2.24 bits per heavy atom. The van der Waals surface area contributed by atoms with Crippen LogP contribution in [0.2, 0.25) is 5.02 Å². The summed E-state index contributed by atoms with van der Waals surface area (Å²) >= 11 is 5.87. The first kappa shape index (κ1) is 16.6. The van der Waals surface area contributed by atoms with Crippen LogP contribution < -0.4 is 10.1 Å². The van der Waals surface area contributed by atoms with Crippen molar-refractivity contribution in [2.24, 2.45) is 5.92 Å². The van der Waals surface area contributed by atoms with Gasteiger partial charge in [-0.2, -0.15) is 0 Å². The van der Waals surface area contributed by atoms with Crippen molar-refractivity contribution in [3.8, 4) is 5.75 Å². The fraction of sp³-hybridized carbons (Fsp3) is 0.625. The maximum Gasteiger partial charge on any atom is 0.120 e. The van der Waals surface area contributed by atoms with E-state index < -0.39 is 6.10 Å². The van der Waals surface area contributed by atoms with Gasteiger partial charge in [0, 0.05) is 11.6 Å². The molecule has 1 aliphatic carbocycles. The highest BCUT2D eigenvalue weighted by molar-refractivity contribution is 6.30. The number of hydrogen-bond donors (Lipinski definition) is 3. The van der Waals surface area contributed by atoms with Crippen LogP contribution in [-0.4, -0.2) is 42.1 Å². The number of aliphatic hydroxyl groups is 2. The largest absolute Gasteiger partial charge is 0.491 e. The van der Waals surface area contributed by atoms with E-state index in [2.05, 4.69) is 5.32 Å². The molecule has 0 heterocycles. The molecule has 5 heteroatoms. The molecule has 0 saturated heterocycles. The molecule has 1 fully saturated rings. The van der Waals surface area contributed by atoms with Crippen LogP contribution in [0.25, 0.3) is 0 Å². The number of nitrogens with one attached hydrogen (secondary N) is 1. The lowest BCUT2D eigenvalue weighted by Gasteiger charge is -2.26. The Labute approximate surface area is 131 Å². The molecule has 21 heavy (non-hydrogen) atoms. The molecule has 0 aliphatic heterocycles. The molecular formula is C16H24ClNO3. The average Bonchev–Trinajstić information content (AvgIpc) is 2.45. The third-order valence-corrected chi connectivity index (χ3v) is 4.04. The summed E-state index contributed by atoms with van der Waals surface area (Å²) in [6.45, 7) is 1.57. The normalized spacial score (nSPS) is 23.8. The summed E-state index contributed by atoms with van der Waals surface area (Å²) in [5.41, 5.74) is 0. The van der Waals surface area contributed by atoms with E-state index in [9.17, 15) is 10.2 Å². The van der Waals surface area contributed by atoms with Gasteiger partial charge in [-0.25, -0.2) is 0 Å². The van der Waals surface area contributed by atoms with Gasteiger partial charge in [-0.15, -0.1) is 0 Å². The van der Waals surface area contributed by atoms with Crippen molar-refractivity contribution in [2.75, 3.05) is 19.7 Å². The summed E-state index contributed by atoms with van der Waals surface area (Å²) in [7, 11) is 0. The average molecular weight is 314 g/mol. The second-order valence-electron chi connectivity index (χ2n) is 5.77. The first-order valence-electron chi connectivity index (χ1n) is 7.58. The van der Waals surface area contributed by atoms with Crippen molar-refractivity contribution < 1.29 is 14.9 Å². The third kappa shape index (κ3) is 6.22. The molecule has 1 aromatic rings. The summed E-state index contributed by atoms with van der Waals surface area (Å²) in [5.74, 6) is 1.17. The predicted molar refractivity (Wildman–Crippen MR) is 83.8 cm³/mol. The van der Waals surface area contributed by atoms with Gasteiger partial charge < -0.3 is 20.3 Å². The summed E-state index contributed by atoms with van der Waals surface area (Å²) in [6.07, 6.45) is 3.32. The van der Waals surface area contributed by atoms with Crippen molar-refractivity contribution in [2.45, 2.75) is 37.9 Å². The number of rotatable bonds is 7. The first-order chi connectivity index (χ1) is 10.1. The van der Waals surface area contributed by atoms with Crippen LogP contribution in [0.15, 0.2) is 24.3 Å². The zero-order valence-corrected chi connectivity index (χ0v) is 12.9. The van der Waals surface area contributed by atoms with E-state index in [0.29, 0.717) is 23.2 Å². The van der Waals surface area contributed by atoms with Gasteiger partial charge in [0.05, 0.1) is 6.10 Å². The van der Waals surface area contributed by atoms with Gasteiger partial charge in [0.15, 0.2) is 0 Å². The molecule has 0 bridgehead atoms. The number of ether oxygens (including phenoxy) is 1. The molecule has 0 aromatic heterocycles. The van der Waals surface area contributed by atoms with Crippen LogP contribution >= 0.6 is 11.6 Å². The Hall–Kier alpha value is -0.810. The molecule has 0 amide bonds. The highest BCUT2D eigenvalue weighted by Crippen LogP contribution is 2.23. The summed E-state index contributed by atoms with van der Waals surface area (Å²) < 4.78 is 5.49. The lowest BCUT2D eigenvalue weighted by molar-refractivity contribution is 0.0904. The lowest BCUT2D eigenvalue weighted by Crippen LogP contribution is -2.36. The maximum atomic E-state index is 9.89. The fourth-order valence-corrected chi connectivity index (χ4v) is 2.89. The van der Waals surface area contributed by atoms with E-state index >= 15 is 0 Å². The Morgan fingerprint density at radius 3 is 3.00 bits per heavy atom. The van der Waals surface area contributed by atoms with Gasteiger partial charge in [0.2, 0.25) is 0 Å². The van der Waals surface area contributed by atoms with Gasteiger partial charge in [-0.1, -0.05) is 24.1 Å². The van der Waals surface area contributed by atoms with Gasteiger partial charge in [-0.05, 0) is 49.9 Å². The summed E-state index contributed by atoms with van der Waals surface area (Å²) in [6, 6.07) is 7.14. The minimum atomic E-state index is -0.558. The predicted octanol–water partition coefficient (Wildman–Crippen LogP) is 2.22. The monoisotopic (exact) mass is 313 g/mol. The molecule has 1 aromatic carbocycles. The van der Waals surface area contributed by atoms with Crippen LogP contribution in [0.1, 0.15) is 25.7 Å². The highest BCUT2D eigenvalue weighted by atomic mass is 35.5. The minimum absolute atomic E-state index is 0.151. The molecule has 3 atom stereocenters. The van der Waals surface area contributed by atoms with Crippen molar-refractivity contribution >= 4 is 11.6 Å². The van der Waals surface area contributed by atoms with Gasteiger partial charge >= 0.3 is 0 Å². The topological polar surface area (TPSA) is 61.7 Å². The molecule has 0 spiro atoms. The molecule has 3 N–H and O–H groups in total. The number of benzene rings is 1. The highest BCUT2D eigenvalue weighted by Gasteiger charge is 2.19. The molecule has 4 nitrogen and oxygen atoms in total. The van der Waals surface area contributed by atoms with E-state index in [1.165, 1.54) is 0 Å². The van der Waals surface area contributed by atoms with Gasteiger partial charge in [-0.3, -0.25) is 0 Å². The quantitative estimate of drug-likeness (QED) is 0.722. The lowest BCUT2D eigenvalue weighted by atomic mass is 9.87. The second-order valence-corrected chi connectivity index (χ2v) is 6.20. The van der Waals surface area contributed by atoms with E-state index in [-0.39, 0.29) is 12.7 Å². The molecule has 118 valence electrons. The summed E-state index contributed by atoms with van der Waals surface area (Å²) in [4.78, 5) is 0. The van der Waals surface area contributed by atoms with E-state index in [1.807, 2.05) is 12.1 Å². The zero-order valence-electron chi connectivity index (χ0n) is 12.2. The van der Waals surface area contributed by atoms with Crippen molar-refractivity contribution in [1.82, 2.24) is 5.32 Å². The molecule has 0 radical (unpaired) electrons. The zero-order chi connectivity index (χ0) is 15.1. The maximum absolute atomic E-state index is 9.89. The third-order valence-electron chi connectivity index (χ3n) is 3.81. The van der Waals surface area contributed by atoms with Crippen molar-refractivity contribution in [1.29, 1.82) is 0 Å². The Bertz CT molecular complexity index is 430. The minimum Gasteiger partial charge on any atom is -0.491 e. The number of aliphatic hydroxyl groups excluding tert-OH is 2. The van der Waals surface area contributed by atoms with Crippen LogP contribution in [0.5, 0.6) is 5.75 Å². The first-order valence-corrected chi connectivity index (χ1v) is 7.96. The van der Waals surface area contributed by atoms with Gasteiger partial charge in [0.1, 0.15) is 18.5 Å². The molecule has 2 rings (SSSR count). The molecular weight excluding hydrogens is 290 g/mol. The second kappa shape index (κ2) is 8.59. The fourth-order valence-electron chi connectivity index (χ4n) is 2.71. The van der Waals surface area contributed by atoms with E-state index in [4.69, 9.17) is 16.3 Å². The van der Waals surface area contributed by atoms with E-state index in [0.717, 1.165) is 32.2 Å². The smallest absolute Gasteiger partial charge is 0.120 e. The SMILES string of the molecule is OC(CNCC1CCCC(O)C1)COc1cccc(Cl)c1. The molecule has 3 unspecified atom stereocenters. The van der Waals surface area contributed by atoms with Gasteiger partial charge in [0.25, 0.3) is 0 Å². The van der Waals surface area contributed by atoms with Crippen LogP contribution in [0.3, 0.4) is 0 Å². The van der Waals surface area contributed by atoms with Crippen LogP contribution in [-0.2, 0) is 0 Å². The Balaban J connectivity index is 1.60. The van der Waals surface area contributed by atoms with Crippen molar-refractivity contribution in [3.05, 3.63) is 29.3 Å². The molecule has 1 saturated carbocycles. The standard InChI is InChI=1S/C16H24ClNO3/c17-13-4-2-6-16(8-13)21-11-15(20)10-18-9-12-3-1-5-14(19)7-12/h2,4,6,8,12,14-15,18-20H,1,3,5,7,9-11H2. The number of hydrogen-bond acceptors (Lipinski definition) is 4. The van der Waals surface area contributed by atoms with Crippen LogP contribution in [0.4, 0.5) is 0 Å².